The highest BCUT2D eigenvalue weighted by Crippen LogP contribution is 2.45. The van der Waals surface area contributed by atoms with Crippen molar-refractivity contribution in [1.82, 2.24) is 5.32 Å². The van der Waals surface area contributed by atoms with Gasteiger partial charge in [0.1, 0.15) is 15.6 Å². The molecule has 1 aliphatic heterocycles. The van der Waals surface area contributed by atoms with Crippen LogP contribution in [0.4, 0.5) is 10.7 Å². The monoisotopic (exact) mass is 329 g/mol. The number of amides is 1. The average Bonchev–Trinajstić information content (AvgIpc) is 2.68. The fourth-order valence-corrected chi connectivity index (χ4v) is 4.30. The van der Waals surface area contributed by atoms with Crippen molar-refractivity contribution < 1.29 is 9.53 Å². The van der Waals surface area contributed by atoms with E-state index >= 15 is 0 Å². The maximum atomic E-state index is 12.2. The van der Waals surface area contributed by atoms with E-state index in [9.17, 15) is 4.79 Å². The molecule has 5 nitrogen and oxygen atoms in total. The summed E-state index contributed by atoms with van der Waals surface area (Å²) in [7, 11) is 1.61. The van der Waals surface area contributed by atoms with Crippen LogP contribution in [0.1, 0.15) is 29.4 Å². The number of ether oxygens (including phenoxy) is 1. The lowest BCUT2D eigenvalue weighted by Crippen LogP contribution is -2.25. The molecule has 1 amide bonds. The summed E-state index contributed by atoms with van der Waals surface area (Å²) in [6.07, 6.45) is 2.05. The molecule has 7 heteroatoms. The highest BCUT2D eigenvalue weighted by atomic mass is 32.2. The average molecular weight is 329 g/mol. The Labute approximate surface area is 134 Å². The van der Waals surface area contributed by atoms with Crippen LogP contribution in [0.15, 0.2) is 0 Å². The van der Waals surface area contributed by atoms with Gasteiger partial charge in [-0.3, -0.25) is 4.79 Å². The van der Waals surface area contributed by atoms with Crippen molar-refractivity contribution in [1.29, 1.82) is 0 Å². The van der Waals surface area contributed by atoms with Crippen molar-refractivity contribution in [2.75, 3.05) is 48.9 Å². The summed E-state index contributed by atoms with van der Waals surface area (Å²) in [5.74, 6) is 2.82. The van der Waals surface area contributed by atoms with Gasteiger partial charge in [-0.25, -0.2) is 0 Å². The fraction of sp³-hybridized carbons (Fsp3) is 0.643. The number of anilines is 2. The van der Waals surface area contributed by atoms with Gasteiger partial charge in [-0.2, -0.15) is 11.8 Å². The minimum Gasteiger partial charge on any atom is -0.492 e. The molecule has 0 bridgehead atoms. The predicted octanol–water partition coefficient (Wildman–Crippen LogP) is 2.42. The first-order valence-electron chi connectivity index (χ1n) is 7.26. The molecule has 118 valence electrons. The number of methoxy groups -OCH3 is 1. The van der Waals surface area contributed by atoms with E-state index in [1.807, 2.05) is 18.7 Å². The third-order valence-corrected chi connectivity index (χ3v) is 5.63. The smallest absolute Gasteiger partial charge is 0.263 e. The number of nitrogens with zero attached hydrogens (tertiary/aromatic N) is 1. The number of nitrogens with one attached hydrogen (secondary N) is 1. The third kappa shape index (κ3) is 3.77. The van der Waals surface area contributed by atoms with Crippen molar-refractivity contribution in [3.63, 3.8) is 0 Å². The topological polar surface area (TPSA) is 67.6 Å². The lowest BCUT2D eigenvalue weighted by Gasteiger charge is -2.21. The number of hydrogen-bond donors (Lipinski definition) is 2. The van der Waals surface area contributed by atoms with Crippen LogP contribution in [0.3, 0.4) is 0 Å². The van der Waals surface area contributed by atoms with Gasteiger partial charge in [0.05, 0.1) is 7.11 Å². The first-order valence-corrected chi connectivity index (χ1v) is 9.23. The van der Waals surface area contributed by atoms with Crippen molar-refractivity contribution in [2.45, 2.75) is 19.8 Å². The largest absolute Gasteiger partial charge is 0.492 e. The first-order chi connectivity index (χ1) is 10.2. The molecule has 2 heterocycles. The maximum absolute atomic E-state index is 12.2. The van der Waals surface area contributed by atoms with Crippen LogP contribution in [0.25, 0.3) is 0 Å². The van der Waals surface area contributed by atoms with Gasteiger partial charge in [0.15, 0.2) is 5.75 Å². The number of carbonyl (C=O) groups excluding carboxylic acids is 1. The molecule has 1 aliphatic rings. The van der Waals surface area contributed by atoms with Crippen LogP contribution >= 0.6 is 23.1 Å². The lowest BCUT2D eigenvalue weighted by molar-refractivity contribution is 0.0958. The zero-order valence-corrected chi connectivity index (χ0v) is 14.2. The molecule has 0 spiro atoms. The Kier molecular flexibility index (Phi) is 6.05. The Morgan fingerprint density at radius 3 is 2.95 bits per heavy atom. The van der Waals surface area contributed by atoms with E-state index in [0.29, 0.717) is 22.9 Å². The molecule has 3 N–H and O–H groups in total. The molecule has 1 aromatic heterocycles. The highest BCUT2D eigenvalue weighted by molar-refractivity contribution is 7.99. The third-order valence-electron chi connectivity index (χ3n) is 3.34. The molecule has 1 aromatic rings. The van der Waals surface area contributed by atoms with E-state index in [4.69, 9.17) is 10.5 Å². The molecule has 0 saturated carbocycles. The molecule has 0 atom stereocenters. The molecule has 2 rings (SSSR count). The van der Waals surface area contributed by atoms with Crippen LogP contribution in [0.2, 0.25) is 0 Å². The Bertz CT molecular complexity index is 483. The number of carbonyl (C=O) groups is 1. The fourth-order valence-electron chi connectivity index (χ4n) is 2.26. The molecule has 0 aromatic carbocycles. The van der Waals surface area contributed by atoms with E-state index in [1.165, 1.54) is 17.1 Å². The van der Waals surface area contributed by atoms with E-state index in [0.717, 1.165) is 36.7 Å². The number of nitrogen functional groups attached to an aromatic ring is 1. The van der Waals surface area contributed by atoms with Crippen LogP contribution in [-0.2, 0) is 0 Å². The molecular formula is C14H23N3O2S2. The standard InChI is InChI=1S/C14H23N3O2S2/c1-3-5-16-13(18)12-10(15)11(19-2)14(21-12)17-6-4-8-20-9-7-17/h3-9,15H2,1-2H3,(H,16,18). The highest BCUT2D eigenvalue weighted by Gasteiger charge is 2.25. The number of thiophene rings is 1. The Hall–Kier alpha value is -1.08. The van der Waals surface area contributed by atoms with Gasteiger partial charge in [0, 0.05) is 25.4 Å². The van der Waals surface area contributed by atoms with Gasteiger partial charge in [0.25, 0.3) is 5.91 Å². The van der Waals surface area contributed by atoms with E-state index < -0.39 is 0 Å². The number of hydrogen-bond acceptors (Lipinski definition) is 6. The minimum atomic E-state index is -0.104. The van der Waals surface area contributed by atoms with Crippen LogP contribution in [0.5, 0.6) is 5.75 Å². The van der Waals surface area contributed by atoms with E-state index in [-0.39, 0.29) is 5.91 Å². The SMILES string of the molecule is CCCNC(=O)c1sc(N2CCCSCC2)c(OC)c1N. The lowest BCUT2D eigenvalue weighted by atomic mass is 10.3. The second kappa shape index (κ2) is 7.79. The predicted molar refractivity (Wildman–Crippen MR) is 92.1 cm³/mol. The van der Waals surface area contributed by atoms with Gasteiger partial charge in [-0.1, -0.05) is 6.92 Å². The molecule has 1 fully saturated rings. The Balaban J connectivity index is 2.26. The Morgan fingerprint density at radius 2 is 2.24 bits per heavy atom. The zero-order chi connectivity index (χ0) is 15.2. The molecule has 0 unspecified atom stereocenters. The summed E-state index contributed by atoms with van der Waals surface area (Å²) in [6, 6.07) is 0. The number of thioether (sulfide) groups is 1. The van der Waals surface area contributed by atoms with E-state index in [2.05, 4.69) is 10.2 Å². The summed E-state index contributed by atoms with van der Waals surface area (Å²) in [4.78, 5) is 15.0. The second-order valence-corrected chi connectivity index (χ2v) is 7.12. The molecule has 0 radical (unpaired) electrons. The summed E-state index contributed by atoms with van der Waals surface area (Å²) >= 11 is 3.41. The molecule has 0 aliphatic carbocycles. The second-order valence-electron chi connectivity index (χ2n) is 4.89. The first kappa shape index (κ1) is 16.3. The summed E-state index contributed by atoms with van der Waals surface area (Å²) in [5.41, 5.74) is 6.59. The zero-order valence-electron chi connectivity index (χ0n) is 12.6. The van der Waals surface area contributed by atoms with Gasteiger partial charge < -0.3 is 20.7 Å². The normalized spacial score (nSPS) is 15.6. The van der Waals surface area contributed by atoms with Crippen molar-refractivity contribution in [2.24, 2.45) is 0 Å². The number of rotatable bonds is 5. The van der Waals surface area contributed by atoms with Crippen molar-refractivity contribution >= 4 is 39.7 Å². The molecule has 1 saturated heterocycles. The van der Waals surface area contributed by atoms with Gasteiger partial charge in [0.2, 0.25) is 0 Å². The van der Waals surface area contributed by atoms with Gasteiger partial charge in [-0.05, 0) is 18.6 Å². The van der Waals surface area contributed by atoms with Crippen molar-refractivity contribution in [3.05, 3.63) is 4.88 Å². The van der Waals surface area contributed by atoms with Gasteiger partial charge in [-0.15, -0.1) is 11.3 Å². The summed E-state index contributed by atoms with van der Waals surface area (Å²) < 4.78 is 5.46. The maximum Gasteiger partial charge on any atom is 0.263 e. The van der Waals surface area contributed by atoms with Crippen LogP contribution < -0.4 is 20.7 Å². The van der Waals surface area contributed by atoms with Crippen LogP contribution in [0, 0.1) is 0 Å². The van der Waals surface area contributed by atoms with Gasteiger partial charge >= 0.3 is 0 Å². The minimum absolute atomic E-state index is 0.104. The van der Waals surface area contributed by atoms with E-state index in [1.54, 1.807) is 7.11 Å². The molecule has 21 heavy (non-hydrogen) atoms. The van der Waals surface area contributed by atoms with Crippen molar-refractivity contribution in [3.8, 4) is 5.75 Å². The number of nitrogens with two attached hydrogens (primary N) is 1. The van der Waals surface area contributed by atoms with Crippen LogP contribution in [-0.4, -0.2) is 44.2 Å². The Morgan fingerprint density at radius 1 is 1.43 bits per heavy atom. The summed E-state index contributed by atoms with van der Waals surface area (Å²) in [6.45, 7) is 4.64. The quantitative estimate of drug-likeness (QED) is 0.868. The molecular weight excluding hydrogens is 306 g/mol. The summed E-state index contributed by atoms with van der Waals surface area (Å²) in [5, 5.41) is 3.87.